The Hall–Kier alpha value is -1.43. The first-order valence-corrected chi connectivity index (χ1v) is 6.88. The predicted molar refractivity (Wildman–Crippen MR) is 73.9 cm³/mol. The summed E-state index contributed by atoms with van der Waals surface area (Å²) in [6.45, 7) is 0.937. The van der Waals surface area contributed by atoms with Crippen LogP contribution in [0.3, 0.4) is 0 Å². The average molecular weight is 281 g/mol. The lowest BCUT2D eigenvalue weighted by Gasteiger charge is -2.11. The minimum Gasteiger partial charge on any atom is -0.494 e. The highest BCUT2D eigenvalue weighted by Crippen LogP contribution is 2.18. The first-order chi connectivity index (χ1) is 9.20. The molecule has 1 aromatic carbocycles. The van der Waals surface area contributed by atoms with E-state index >= 15 is 0 Å². The Kier molecular flexibility index (Phi) is 4.90. The predicted octanol–water partition coefficient (Wildman–Crippen LogP) is 2.72. The molecule has 1 unspecified atom stereocenters. The Balaban J connectivity index is 1.84. The summed E-state index contributed by atoms with van der Waals surface area (Å²) in [4.78, 5) is 0. The van der Waals surface area contributed by atoms with Gasteiger partial charge < -0.3 is 15.2 Å². The Morgan fingerprint density at radius 3 is 2.89 bits per heavy atom. The number of methoxy groups -OCH3 is 1. The molecule has 102 valence electrons. The van der Waals surface area contributed by atoms with Crippen molar-refractivity contribution in [2.45, 2.75) is 12.6 Å². The Bertz CT molecular complexity index is 516. The van der Waals surface area contributed by atoms with Crippen LogP contribution in [0.5, 0.6) is 5.75 Å². The number of thiophene rings is 1. The number of rotatable bonds is 6. The van der Waals surface area contributed by atoms with Gasteiger partial charge >= 0.3 is 0 Å². The van der Waals surface area contributed by atoms with Crippen LogP contribution >= 0.6 is 11.3 Å². The molecule has 1 aromatic heterocycles. The highest BCUT2D eigenvalue weighted by Gasteiger charge is 2.08. The van der Waals surface area contributed by atoms with Crippen molar-refractivity contribution in [3.63, 3.8) is 0 Å². The molecule has 0 aliphatic rings. The minimum absolute atomic E-state index is 0.238. The van der Waals surface area contributed by atoms with Gasteiger partial charge in [0, 0.05) is 13.1 Å². The second kappa shape index (κ2) is 6.65. The monoisotopic (exact) mass is 281 g/mol. The zero-order chi connectivity index (χ0) is 13.7. The first-order valence-electron chi connectivity index (χ1n) is 5.94. The molecule has 0 fully saturated rings. The van der Waals surface area contributed by atoms with E-state index in [0.717, 1.165) is 11.1 Å². The molecule has 0 saturated heterocycles. The van der Waals surface area contributed by atoms with Crippen LogP contribution in [0.15, 0.2) is 35.0 Å². The van der Waals surface area contributed by atoms with Crippen molar-refractivity contribution in [3.05, 3.63) is 52.0 Å². The number of hydrogen-bond acceptors (Lipinski definition) is 4. The van der Waals surface area contributed by atoms with Crippen LogP contribution in [0.4, 0.5) is 4.39 Å². The number of ether oxygens (including phenoxy) is 1. The quantitative estimate of drug-likeness (QED) is 0.855. The van der Waals surface area contributed by atoms with E-state index in [1.165, 1.54) is 13.2 Å². The lowest BCUT2D eigenvalue weighted by atomic mass is 10.2. The van der Waals surface area contributed by atoms with Crippen LogP contribution in [-0.2, 0) is 6.54 Å². The molecule has 1 atom stereocenters. The first kappa shape index (κ1) is 14.0. The Morgan fingerprint density at radius 1 is 1.42 bits per heavy atom. The van der Waals surface area contributed by atoms with Crippen molar-refractivity contribution < 1.29 is 14.2 Å². The summed E-state index contributed by atoms with van der Waals surface area (Å²) in [7, 11) is 1.44. The zero-order valence-electron chi connectivity index (χ0n) is 10.6. The molecule has 2 aromatic rings. The third-order valence-corrected chi connectivity index (χ3v) is 3.51. The molecule has 0 spiro atoms. The SMILES string of the molecule is COc1ccc(CNCC(O)c2ccsc2)cc1F. The van der Waals surface area contributed by atoms with Crippen molar-refractivity contribution in [2.75, 3.05) is 13.7 Å². The van der Waals surface area contributed by atoms with E-state index < -0.39 is 6.10 Å². The second-order valence-corrected chi connectivity index (χ2v) is 4.95. The van der Waals surface area contributed by atoms with Crippen LogP contribution in [0, 0.1) is 5.82 Å². The average Bonchev–Trinajstić information content (AvgIpc) is 2.93. The number of halogens is 1. The van der Waals surface area contributed by atoms with Crippen molar-refractivity contribution in [1.29, 1.82) is 0 Å². The molecule has 2 N–H and O–H groups in total. The van der Waals surface area contributed by atoms with E-state index in [1.807, 2.05) is 16.8 Å². The van der Waals surface area contributed by atoms with E-state index in [-0.39, 0.29) is 11.6 Å². The Labute approximate surface area is 115 Å². The third-order valence-electron chi connectivity index (χ3n) is 2.81. The molecule has 0 aliphatic heterocycles. The van der Waals surface area contributed by atoms with Gasteiger partial charge in [0.15, 0.2) is 11.6 Å². The molecule has 0 bridgehead atoms. The van der Waals surface area contributed by atoms with E-state index in [2.05, 4.69) is 5.32 Å². The van der Waals surface area contributed by atoms with Crippen LogP contribution in [0.25, 0.3) is 0 Å². The maximum atomic E-state index is 13.5. The van der Waals surface area contributed by atoms with Crippen LogP contribution in [0.2, 0.25) is 0 Å². The van der Waals surface area contributed by atoms with Gasteiger partial charge in [0.05, 0.1) is 13.2 Å². The van der Waals surface area contributed by atoms with Crippen molar-refractivity contribution in [1.82, 2.24) is 5.32 Å². The maximum Gasteiger partial charge on any atom is 0.165 e. The summed E-state index contributed by atoms with van der Waals surface area (Å²) >= 11 is 1.55. The van der Waals surface area contributed by atoms with Crippen molar-refractivity contribution in [2.24, 2.45) is 0 Å². The van der Waals surface area contributed by atoms with Crippen molar-refractivity contribution in [3.8, 4) is 5.75 Å². The summed E-state index contributed by atoms with van der Waals surface area (Å²) in [5.41, 5.74) is 1.72. The number of benzene rings is 1. The van der Waals surface area contributed by atoms with Gasteiger partial charge in [0.1, 0.15) is 0 Å². The minimum atomic E-state index is -0.533. The standard InChI is InChI=1S/C14H16FNO2S/c1-18-14-3-2-10(6-12(14)15)7-16-8-13(17)11-4-5-19-9-11/h2-6,9,13,16-17H,7-8H2,1H3. The fourth-order valence-electron chi connectivity index (χ4n) is 1.76. The number of aliphatic hydroxyl groups excluding tert-OH is 1. The van der Waals surface area contributed by atoms with Gasteiger partial charge in [-0.3, -0.25) is 0 Å². The molecule has 0 saturated carbocycles. The van der Waals surface area contributed by atoms with Crippen LogP contribution in [0.1, 0.15) is 17.2 Å². The lowest BCUT2D eigenvalue weighted by Crippen LogP contribution is -2.20. The fourth-order valence-corrected chi connectivity index (χ4v) is 2.46. The van der Waals surface area contributed by atoms with Gasteiger partial charge in [-0.05, 0) is 40.1 Å². The van der Waals surface area contributed by atoms with Gasteiger partial charge in [-0.15, -0.1) is 0 Å². The number of nitrogens with one attached hydrogen (secondary N) is 1. The normalized spacial score (nSPS) is 12.4. The molecule has 0 amide bonds. The summed E-state index contributed by atoms with van der Waals surface area (Å²) in [5, 5.41) is 16.8. The summed E-state index contributed by atoms with van der Waals surface area (Å²) in [5.74, 6) is -0.137. The maximum absolute atomic E-state index is 13.5. The molecule has 0 radical (unpaired) electrons. The van der Waals surface area contributed by atoms with Gasteiger partial charge in [0.25, 0.3) is 0 Å². The van der Waals surface area contributed by atoms with E-state index in [4.69, 9.17) is 4.74 Å². The molecule has 1 heterocycles. The summed E-state index contributed by atoms with van der Waals surface area (Å²) in [6.07, 6.45) is -0.533. The summed E-state index contributed by atoms with van der Waals surface area (Å²) < 4.78 is 18.3. The second-order valence-electron chi connectivity index (χ2n) is 4.17. The zero-order valence-corrected chi connectivity index (χ0v) is 11.4. The highest BCUT2D eigenvalue weighted by molar-refractivity contribution is 7.07. The molecule has 5 heteroatoms. The third kappa shape index (κ3) is 3.76. The molecule has 2 rings (SSSR count). The number of aliphatic hydroxyl groups is 1. The van der Waals surface area contributed by atoms with Crippen molar-refractivity contribution >= 4 is 11.3 Å². The fraction of sp³-hybridized carbons (Fsp3) is 0.286. The molecular formula is C14H16FNO2S. The molecule has 0 aliphatic carbocycles. The van der Waals surface area contributed by atoms with Crippen LogP contribution in [-0.4, -0.2) is 18.8 Å². The lowest BCUT2D eigenvalue weighted by molar-refractivity contribution is 0.175. The van der Waals surface area contributed by atoms with Gasteiger partial charge in [-0.25, -0.2) is 4.39 Å². The molecule has 19 heavy (non-hydrogen) atoms. The number of hydrogen-bond donors (Lipinski definition) is 2. The van der Waals surface area contributed by atoms with E-state index in [9.17, 15) is 9.50 Å². The van der Waals surface area contributed by atoms with Gasteiger partial charge in [-0.2, -0.15) is 11.3 Å². The topological polar surface area (TPSA) is 41.5 Å². The van der Waals surface area contributed by atoms with Gasteiger partial charge in [0.2, 0.25) is 0 Å². The largest absolute Gasteiger partial charge is 0.494 e. The van der Waals surface area contributed by atoms with E-state index in [1.54, 1.807) is 23.5 Å². The van der Waals surface area contributed by atoms with Crippen LogP contribution < -0.4 is 10.1 Å². The molecular weight excluding hydrogens is 265 g/mol. The smallest absolute Gasteiger partial charge is 0.165 e. The van der Waals surface area contributed by atoms with Gasteiger partial charge in [-0.1, -0.05) is 6.07 Å². The van der Waals surface area contributed by atoms with E-state index in [0.29, 0.717) is 13.1 Å². The molecule has 3 nitrogen and oxygen atoms in total. The summed E-state index contributed by atoms with van der Waals surface area (Å²) in [6, 6.07) is 6.72. The highest BCUT2D eigenvalue weighted by atomic mass is 32.1. The Morgan fingerprint density at radius 2 is 2.26 bits per heavy atom.